The number of hydrogen-bond donors (Lipinski definition) is 1. The molecule has 2 atom stereocenters. The predicted molar refractivity (Wildman–Crippen MR) is 91.5 cm³/mol. The molecular formula is C19H23FN4O. The molecule has 5 nitrogen and oxygen atoms in total. The smallest absolute Gasteiger partial charge is 0.223 e. The molecular weight excluding hydrogens is 319 g/mol. The first-order valence-electron chi connectivity index (χ1n) is 9.16. The Balaban J connectivity index is 1.28. The number of fused-ring (bicyclic) bond motifs is 1. The summed E-state index contributed by atoms with van der Waals surface area (Å²) < 4.78 is 15.2. The topological polar surface area (TPSA) is 59.8 Å². The predicted octanol–water partition coefficient (Wildman–Crippen LogP) is 2.61. The molecule has 1 aliphatic carbocycles. The van der Waals surface area contributed by atoms with E-state index in [0.717, 1.165) is 36.6 Å². The molecule has 1 amide bonds. The van der Waals surface area contributed by atoms with Gasteiger partial charge in [0, 0.05) is 31.8 Å². The number of hydrogen-bond acceptors (Lipinski definition) is 3. The Morgan fingerprint density at radius 2 is 2.04 bits per heavy atom. The van der Waals surface area contributed by atoms with Gasteiger partial charge in [0.2, 0.25) is 5.91 Å². The number of halogens is 1. The molecule has 1 aromatic carbocycles. The maximum absolute atomic E-state index is 13.0. The number of rotatable bonds is 5. The van der Waals surface area contributed by atoms with E-state index in [1.165, 1.54) is 31.4 Å². The highest BCUT2D eigenvalue weighted by molar-refractivity contribution is 5.82. The van der Waals surface area contributed by atoms with Gasteiger partial charge in [-0.3, -0.25) is 4.79 Å². The largest absolute Gasteiger partial charge is 0.355 e. The summed E-state index contributed by atoms with van der Waals surface area (Å²) in [5.74, 6) is 2.15. The minimum atomic E-state index is -0.238. The van der Waals surface area contributed by atoms with Gasteiger partial charge < -0.3 is 9.88 Å². The molecule has 1 fully saturated rings. The Morgan fingerprint density at radius 3 is 2.88 bits per heavy atom. The van der Waals surface area contributed by atoms with Gasteiger partial charge in [0.25, 0.3) is 0 Å². The molecule has 1 N–H and O–H groups in total. The van der Waals surface area contributed by atoms with E-state index in [4.69, 9.17) is 0 Å². The van der Waals surface area contributed by atoms with E-state index in [0.29, 0.717) is 13.0 Å². The lowest BCUT2D eigenvalue weighted by Crippen LogP contribution is -2.28. The molecule has 25 heavy (non-hydrogen) atoms. The fourth-order valence-corrected chi connectivity index (χ4v) is 3.72. The monoisotopic (exact) mass is 342 g/mol. The molecule has 6 heteroatoms. The van der Waals surface area contributed by atoms with Gasteiger partial charge in [-0.25, -0.2) is 4.39 Å². The lowest BCUT2D eigenvalue weighted by atomic mass is 10.1. The van der Waals surface area contributed by atoms with Crippen molar-refractivity contribution >= 4 is 5.91 Å². The van der Waals surface area contributed by atoms with Crippen LogP contribution in [0.1, 0.15) is 48.8 Å². The van der Waals surface area contributed by atoms with Gasteiger partial charge in [-0.05, 0) is 42.9 Å². The highest BCUT2D eigenvalue weighted by Crippen LogP contribution is 2.47. The van der Waals surface area contributed by atoms with Crippen LogP contribution < -0.4 is 5.32 Å². The fourth-order valence-electron chi connectivity index (χ4n) is 3.72. The molecule has 2 heterocycles. The number of amides is 1. The summed E-state index contributed by atoms with van der Waals surface area (Å²) in [5.41, 5.74) is 1.05. The molecule has 0 bridgehead atoms. The first kappa shape index (κ1) is 16.2. The Kier molecular flexibility index (Phi) is 4.51. The molecule has 4 rings (SSSR count). The molecule has 0 spiro atoms. The summed E-state index contributed by atoms with van der Waals surface area (Å²) in [6.45, 7) is 1.57. The third-order valence-corrected chi connectivity index (χ3v) is 5.26. The van der Waals surface area contributed by atoms with Crippen molar-refractivity contribution in [2.75, 3.05) is 6.54 Å². The Labute approximate surface area is 146 Å². The average molecular weight is 342 g/mol. The third kappa shape index (κ3) is 3.57. The van der Waals surface area contributed by atoms with Crippen molar-refractivity contribution in [1.82, 2.24) is 20.1 Å². The summed E-state index contributed by atoms with van der Waals surface area (Å²) >= 11 is 0. The number of aryl methyl sites for hydroxylation is 1. The van der Waals surface area contributed by atoms with Gasteiger partial charge in [0.15, 0.2) is 0 Å². The zero-order valence-electron chi connectivity index (χ0n) is 14.2. The van der Waals surface area contributed by atoms with Crippen molar-refractivity contribution in [2.45, 2.75) is 51.0 Å². The van der Waals surface area contributed by atoms with Crippen LogP contribution in [-0.4, -0.2) is 27.2 Å². The van der Waals surface area contributed by atoms with Gasteiger partial charge in [-0.15, -0.1) is 10.2 Å². The summed E-state index contributed by atoms with van der Waals surface area (Å²) in [5, 5.41) is 11.6. The van der Waals surface area contributed by atoms with Crippen LogP contribution in [0, 0.1) is 11.7 Å². The molecule has 2 unspecified atom stereocenters. The lowest BCUT2D eigenvalue weighted by molar-refractivity contribution is -0.122. The van der Waals surface area contributed by atoms with E-state index in [1.54, 1.807) is 12.1 Å². The van der Waals surface area contributed by atoms with Gasteiger partial charge >= 0.3 is 0 Å². The van der Waals surface area contributed by atoms with Gasteiger partial charge in [-0.1, -0.05) is 18.6 Å². The van der Waals surface area contributed by atoms with Crippen LogP contribution in [0.5, 0.6) is 0 Å². The minimum Gasteiger partial charge on any atom is -0.355 e. The standard InChI is InChI=1S/C19H23FN4O/c20-14-7-5-13(6-8-14)15-12-16(15)19(25)21-10-9-18-23-22-17-4-2-1-3-11-24(17)18/h5-8,15-16H,1-4,9-12H2,(H,21,25). The zero-order valence-corrected chi connectivity index (χ0v) is 14.2. The van der Waals surface area contributed by atoms with Crippen molar-refractivity contribution in [3.8, 4) is 0 Å². The summed E-state index contributed by atoms with van der Waals surface area (Å²) in [6, 6.07) is 6.47. The van der Waals surface area contributed by atoms with Crippen LogP contribution in [0.4, 0.5) is 4.39 Å². The second-order valence-electron chi connectivity index (χ2n) is 7.04. The van der Waals surface area contributed by atoms with Gasteiger partial charge in [0.1, 0.15) is 17.5 Å². The maximum atomic E-state index is 13.0. The second kappa shape index (κ2) is 6.94. The van der Waals surface area contributed by atoms with Crippen molar-refractivity contribution < 1.29 is 9.18 Å². The normalized spacial score (nSPS) is 22.1. The van der Waals surface area contributed by atoms with Crippen LogP contribution >= 0.6 is 0 Å². The van der Waals surface area contributed by atoms with Crippen molar-refractivity contribution in [1.29, 1.82) is 0 Å². The van der Waals surface area contributed by atoms with E-state index in [2.05, 4.69) is 20.1 Å². The Hall–Kier alpha value is -2.24. The van der Waals surface area contributed by atoms with Crippen molar-refractivity contribution in [3.05, 3.63) is 47.3 Å². The van der Waals surface area contributed by atoms with Crippen LogP contribution in [0.2, 0.25) is 0 Å². The lowest BCUT2D eigenvalue weighted by Gasteiger charge is -2.08. The zero-order chi connectivity index (χ0) is 17.2. The van der Waals surface area contributed by atoms with E-state index in [1.807, 2.05) is 0 Å². The molecule has 0 radical (unpaired) electrons. The summed E-state index contributed by atoms with van der Waals surface area (Å²) in [7, 11) is 0. The SMILES string of the molecule is O=C(NCCc1nnc2n1CCCCC2)C1CC1c1ccc(F)cc1. The van der Waals surface area contributed by atoms with Gasteiger partial charge in [-0.2, -0.15) is 0 Å². The van der Waals surface area contributed by atoms with E-state index in [9.17, 15) is 9.18 Å². The fraction of sp³-hybridized carbons (Fsp3) is 0.526. The highest BCUT2D eigenvalue weighted by Gasteiger charge is 2.43. The molecule has 1 aliphatic heterocycles. The number of aromatic nitrogens is 3. The van der Waals surface area contributed by atoms with E-state index >= 15 is 0 Å². The van der Waals surface area contributed by atoms with E-state index in [-0.39, 0.29) is 23.6 Å². The molecule has 1 saturated carbocycles. The average Bonchev–Trinajstić information content (AvgIpc) is 3.37. The molecule has 2 aliphatic rings. The van der Waals surface area contributed by atoms with Crippen LogP contribution in [0.15, 0.2) is 24.3 Å². The van der Waals surface area contributed by atoms with E-state index < -0.39 is 0 Å². The number of carbonyl (C=O) groups is 1. The summed E-state index contributed by atoms with van der Waals surface area (Å²) in [6.07, 6.45) is 6.16. The minimum absolute atomic E-state index is 0.0148. The maximum Gasteiger partial charge on any atom is 0.223 e. The van der Waals surface area contributed by atoms with Crippen LogP contribution in [0.25, 0.3) is 0 Å². The Bertz CT molecular complexity index is 755. The number of nitrogens with zero attached hydrogens (tertiary/aromatic N) is 3. The molecule has 0 saturated heterocycles. The first-order chi connectivity index (χ1) is 12.2. The molecule has 2 aromatic rings. The quantitative estimate of drug-likeness (QED) is 0.909. The molecule has 1 aromatic heterocycles. The van der Waals surface area contributed by atoms with Crippen LogP contribution in [-0.2, 0) is 24.2 Å². The van der Waals surface area contributed by atoms with Crippen molar-refractivity contribution in [2.24, 2.45) is 5.92 Å². The molecule has 132 valence electrons. The second-order valence-corrected chi connectivity index (χ2v) is 7.04. The Morgan fingerprint density at radius 1 is 1.20 bits per heavy atom. The van der Waals surface area contributed by atoms with Crippen molar-refractivity contribution in [3.63, 3.8) is 0 Å². The number of nitrogens with one attached hydrogen (secondary N) is 1. The number of carbonyl (C=O) groups excluding carboxylic acids is 1. The first-order valence-corrected chi connectivity index (χ1v) is 9.16. The van der Waals surface area contributed by atoms with Gasteiger partial charge in [0.05, 0.1) is 0 Å². The third-order valence-electron chi connectivity index (χ3n) is 5.26. The highest BCUT2D eigenvalue weighted by atomic mass is 19.1. The summed E-state index contributed by atoms with van der Waals surface area (Å²) in [4.78, 5) is 12.3. The van der Waals surface area contributed by atoms with Crippen LogP contribution in [0.3, 0.4) is 0 Å². The number of benzene rings is 1.